The summed E-state index contributed by atoms with van der Waals surface area (Å²) in [7, 11) is 1.49. The molecule has 5 amide bonds. The Hall–Kier alpha value is -4.02. The van der Waals surface area contributed by atoms with Crippen LogP contribution in [0.4, 0.5) is 24.1 Å². The summed E-state index contributed by atoms with van der Waals surface area (Å²) in [4.78, 5) is 53.6. The Bertz CT molecular complexity index is 1320. The molecule has 2 aromatic carbocycles. The Morgan fingerprint density at radius 1 is 1.14 bits per heavy atom. The van der Waals surface area contributed by atoms with Gasteiger partial charge >= 0.3 is 12.1 Å². The largest absolute Gasteiger partial charge is 0.427 e. The van der Waals surface area contributed by atoms with Crippen LogP contribution in [0, 0.1) is 11.6 Å². The fraction of sp³-hybridized carbons (Fsp3) is 0.385. The lowest BCUT2D eigenvalue weighted by Gasteiger charge is -2.30. The number of amides is 5. The highest BCUT2D eigenvalue weighted by atomic mass is 19.1. The third kappa shape index (κ3) is 4.08. The van der Waals surface area contributed by atoms with E-state index in [4.69, 9.17) is 4.74 Å². The predicted molar refractivity (Wildman–Crippen MR) is 127 cm³/mol. The Morgan fingerprint density at radius 2 is 1.92 bits per heavy atom. The van der Waals surface area contributed by atoms with Crippen molar-refractivity contribution in [2.45, 2.75) is 50.3 Å². The number of anilines is 1. The van der Waals surface area contributed by atoms with Crippen molar-refractivity contribution in [3.8, 4) is 0 Å². The molecule has 0 bridgehead atoms. The molecule has 2 heterocycles. The van der Waals surface area contributed by atoms with E-state index in [2.05, 4.69) is 10.6 Å². The number of urea groups is 1. The van der Waals surface area contributed by atoms with Crippen molar-refractivity contribution in [3.63, 3.8) is 0 Å². The van der Waals surface area contributed by atoms with E-state index in [1.807, 2.05) is 6.92 Å². The molecule has 2 fully saturated rings. The molecule has 9 nitrogen and oxygen atoms in total. The van der Waals surface area contributed by atoms with Crippen molar-refractivity contribution < 1.29 is 32.7 Å². The first-order valence-corrected chi connectivity index (χ1v) is 12.1. The van der Waals surface area contributed by atoms with E-state index in [-0.39, 0.29) is 18.0 Å². The van der Waals surface area contributed by atoms with Crippen LogP contribution in [0.3, 0.4) is 0 Å². The summed E-state index contributed by atoms with van der Waals surface area (Å²) in [5, 5.41) is 5.12. The Labute approximate surface area is 211 Å². The van der Waals surface area contributed by atoms with Crippen LogP contribution >= 0.6 is 0 Å². The minimum Gasteiger partial charge on any atom is -0.427 e. The summed E-state index contributed by atoms with van der Waals surface area (Å²) in [6.45, 7) is 1.26. The van der Waals surface area contributed by atoms with Crippen molar-refractivity contribution in [2.75, 3.05) is 18.9 Å². The number of fused-ring (bicyclic) bond motifs is 2. The molecule has 0 saturated carbocycles. The molecule has 5 rings (SSSR count). The minimum absolute atomic E-state index is 0.191. The quantitative estimate of drug-likeness (QED) is 0.651. The first-order valence-electron chi connectivity index (χ1n) is 12.1. The first kappa shape index (κ1) is 24.7. The number of benzene rings is 2. The second kappa shape index (κ2) is 9.13. The first-order chi connectivity index (χ1) is 17.6. The number of carbonyl (C=O) groups is 4. The van der Waals surface area contributed by atoms with Gasteiger partial charge in [0.1, 0.15) is 18.2 Å². The third-order valence-corrected chi connectivity index (χ3v) is 7.42. The number of ether oxygens (including phenoxy) is 1. The lowest BCUT2D eigenvalue weighted by molar-refractivity contribution is -0.143. The second-order valence-corrected chi connectivity index (χ2v) is 9.57. The van der Waals surface area contributed by atoms with E-state index in [9.17, 15) is 28.0 Å². The number of likely N-dealkylation sites (tertiary alicyclic amines) is 1. The highest BCUT2D eigenvalue weighted by molar-refractivity contribution is 6.06. The zero-order chi connectivity index (χ0) is 26.5. The van der Waals surface area contributed by atoms with Gasteiger partial charge < -0.3 is 20.3 Å². The van der Waals surface area contributed by atoms with Crippen LogP contribution in [0.5, 0.6) is 0 Å². The Balaban J connectivity index is 1.36. The molecule has 0 radical (unpaired) electrons. The molecule has 2 saturated heterocycles. The van der Waals surface area contributed by atoms with Gasteiger partial charge in [0.05, 0.1) is 6.04 Å². The van der Waals surface area contributed by atoms with E-state index >= 15 is 0 Å². The fourth-order valence-electron chi connectivity index (χ4n) is 5.62. The number of nitrogens with zero attached hydrogens (tertiary/aromatic N) is 2. The molecular weight excluding hydrogens is 486 g/mol. The number of hydrogen-bond acceptors (Lipinski definition) is 5. The molecule has 0 unspecified atom stereocenters. The van der Waals surface area contributed by atoms with E-state index in [1.165, 1.54) is 18.0 Å². The molecule has 2 N–H and O–H groups in total. The van der Waals surface area contributed by atoms with Gasteiger partial charge in [0.15, 0.2) is 0 Å². The van der Waals surface area contributed by atoms with Gasteiger partial charge in [-0.15, -0.1) is 0 Å². The highest BCUT2D eigenvalue weighted by Crippen LogP contribution is 2.46. The number of halogens is 2. The van der Waals surface area contributed by atoms with Crippen LogP contribution in [-0.2, 0) is 26.3 Å². The minimum atomic E-state index is -1.53. The van der Waals surface area contributed by atoms with Gasteiger partial charge in [-0.1, -0.05) is 12.1 Å². The van der Waals surface area contributed by atoms with Gasteiger partial charge in [0, 0.05) is 42.4 Å². The van der Waals surface area contributed by atoms with Crippen LogP contribution < -0.4 is 10.6 Å². The topological polar surface area (TPSA) is 108 Å². The number of imide groups is 1. The van der Waals surface area contributed by atoms with Gasteiger partial charge in [-0.3, -0.25) is 9.59 Å². The molecule has 3 aliphatic rings. The van der Waals surface area contributed by atoms with Gasteiger partial charge in [-0.2, -0.15) is 0 Å². The maximum absolute atomic E-state index is 14.5. The molecule has 37 heavy (non-hydrogen) atoms. The van der Waals surface area contributed by atoms with E-state index in [1.54, 1.807) is 18.2 Å². The summed E-state index contributed by atoms with van der Waals surface area (Å²) in [6, 6.07) is 6.93. The molecule has 11 heteroatoms. The Morgan fingerprint density at radius 3 is 2.65 bits per heavy atom. The van der Waals surface area contributed by atoms with Gasteiger partial charge in [0.25, 0.3) is 5.91 Å². The van der Waals surface area contributed by atoms with Gasteiger partial charge in [-0.25, -0.2) is 23.3 Å². The maximum Gasteiger partial charge on any atom is 0.418 e. The van der Waals surface area contributed by atoms with Gasteiger partial charge in [0.2, 0.25) is 11.5 Å². The molecule has 1 aliphatic carbocycles. The average Bonchev–Trinajstić information content (AvgIpc) is 3.49. The van der Waals surface area contributed by atoms with Crippen LogP contribution in [0.25, 0.3) is 0 Å². The summed E-state index contributed by atoms with van der Waals surface area (Å²) >= 11 is 0. The summed E-state index contributed by atoms with van der Waals surface area (Å²) in [5.74, 6) is -2.62. The summed E-state index contributed by atoms with van der Waals surface area (Å²) in [5.41, 5.74) is 0.460. The van der Waals surface area contributed by atoms with Crippen LogP contribution in [-0.4, -0.2) is 53.4 Å². The highest BCUT2D eigenvalue weighted by Gasteiger charge is 2.58. The van der Waals surface area contributed by atoms with E-state index in [0.717, 1.165) is 22.6 Å². The molecule has 0 aromatic heterocycles. The normalized spacial score (nSPS) is 24.4. The van der Waals surface area contributed by atoms with Crippen LogP contribution in [0.2, 0.25) is 0 Å². The molecule has 2 aromatic rings. The van der Waals surface area contributed by atoms with Crippen molar-refractivity contribution in [1.29, 1.82) is 0 Å². The fourth-order valence-corrected chi connectivity index (χ4v) is 5.62. The lowest BCUT2D eigenvalue weighted by atomic mass is 9.94. The maximum atomic E-state index is 14.5. The van der Waals surface area contributed by atoms with Crippen LogP contribution in [0.15, 0.2) is 36.4 Å². The summed E-state index contributed by atoms with van der Waals surface area (Å²) in [6.07, 6.45) is 0.793. The standard InChI is InChI=1S/C26H26F2N4O5/c1-14-3-8-21(18-6-4-16(27)12-20(18)28)32(14)22(33)13-31-23(34)26(37-25(31)36)10-9-15-11-17(5-7-19(15)26)30-24(35)29-2/h4-7,11-12,14,21H,3,8-10,13H2,1-2H3,(H2,29,30,35)/t14-,21+,26+/m0/s1. The molecular formula is C26H26F2N4O5. The van der Waals surface area contributed by atoms with E-state index < -0.39 is 53.8 Å². The van der Waals surface area contributed by atoms with Crippen molar-refractivity contribution in [1.82, 2.24) is 15.1 Å². The zero-order valence-corrected chi connectivity index (χ0v) is 20.3. The SMILES string of the molecule is CNC(=O)Nc1ccc2c(c1)CC[C@@]21OC(=O)N(CC(=O)N2[C@@H](c3ccc(F)cc3F)CC[C@@H]2C)C1=O. The number of nitrogens with one attached hydrogen (secondary N) is 2. The number of hydrogen-bond donors (Lipinski definition) is 2. The molecule has 3 atom stereocenters. The predicted octanol–water partition coefficient (Wildman–Crippen LogP) is 3.59. The van der Waals surface area contributed by atoms with Crippen molar-refractivity contribution in [2.24, 2.45) is 0 Å². The van der Waals surface area contributed by atoms with Crippen LogP contribution in [0.1, 0.15) is 48.9 Å². The molecule has 194 valence electrons. The summed E-state index contributed by atoms with van der Waals surface area (Å²) < 4.78 is 33.5. The number of rotatable bonds is 4. The number of aryl methyl sites for hydroxylation is 1. The molecule has 2 aliphatic heterocycles. The average molecular weight is 513 g/mol. The van der Waals surface area contributed by atoms with Gasteiger partial charge in [-0.05, 0) is 49.9 Å². The third-order valence-electron chi connectivity index (χ3n) is 7.42. The Kier molecular flexibility index (Phi) is 6.09. The smallest absolute Gasteiger partial charge is 0.418 e. The second-order valence-electron chi connectivity index (χ2n) is 9.57. The van der Waals surface area contributed by atoms with Crippen molar-refractivity contribution >= 4 is 29.6 Å². The van der Waals surface area contributed by atoms with Crippen molar-refractivity contribution in [3.05, 3.63) is 64.7 Å². The molecule has 1 spiro atoms. The number of carbonyl (C=O) groups excluding carboxylic acids is 4. The zero-order valence-electron chi connectivity index (χ0n) is 20.3. The monoisotopic (exact) mass is 512 g/mol. The lowest BCUT2D eigenvalue weighted by Crippen LogP contribution is -2.46. The van der Waals surface area contributed by atoms with E-state index in [0.29, 0.717) is 30.5 Å².